The van der Waals surface area contributed by atoms with Gasteiger partial charge in [-0.3, -0.25) is 4.90 Å². The maximum absolute atomic E-state index is 5.81. The normalized spacial score (nSPS) is 13.2. The number of rotatable bonds is 7. The van der Waals surface area contributed by atoms with Gasteiger partial charge in [-0.1, -0.05) is 26.0 Å². The molecule has 0 amide bonds. The summed E-state index contributed by atoms with van der Waals surface area (Å²) in [7, 11) is 2.12. The fourth-order valence-corrected chi connectivity index (χ4v) is 1.79. The van der Waals surface area contributed by atoms with E-state index in [1.54, 1.807) is 0 Å². The van der Waals surface area contributed by atoms with Crippen LogP contribution in [0, 0.1) is 5.92 Å². The highest BCUT2D eigenvalue weighted by atomic mass is 16.5. The zero-order valence-electron chi connectivity index (χ0n) is 12.0. The Kier molecular flexibility index (Phi) is 6.16. The lowest BCUT2D eigenvalue weighted by Gasteiger charge is -2.25. The van der Waals surface area contributed by atoms with Crippen LogP contribution in [0.5, 0.6) is 0 Å². The molecule has 1 aromatic carbocycles. The van der Waals surface area contributed by atoms with Gasteiger partial charge in [-0.2, -0.15) is 0 Å². The Bertz CT molecular complexity index is 352. The van der Waals surface area contributed by atoms with Gasteiger partial charge in [0, 0.05) is 24.9 Å². The summed E-state index contributed by atoms with van der Waals surface area (Å²) in [4.78, 5) is 2.29. The molecule has 0 aromatic heterocycles. The van der Waals surface area contributed by atoms with Crippen molar-refractivity contribution >= 4 is 5.69 Å². The van der Waals surface area contributed by atoms with Gasteiger partial charge < -0.3 is 10.5 Å². The molecule has 0 heterocycles. The zero-order valence-corrected chi connectivity index (χ0v) is 12.0. The van der Waals surface area contributed by atoms with E-state index in [-0.39, 0.29) is 0 Å². The molecule has 102 valence electrons. The average molecular weight is 250 g/mol. The Morgan fingerprint density at radius 3 is 2.61 bits per heavy atom. The summed E-state index contributed by atoms with van der Waals surface area (Å²) in [5, 5.41) is 0. The maximum atomic E-state index is 5.81. The van der Waals surface area contributed by atoms with Crippen molar-refractivity contribution < 1.29 is 4.74 Å². The standard InChI is InChI=1S/C15H26N2O/c1-12(2)11-18-9-8-17(4)13(3)14-6-5-7-15(16)10-14/h5-7,10,12-13H,8-9,11,16H2,1-4H3. The Hall–Kier alpha value is -1.06. The number of hydrogen-bond donors (Lipinski definition) is 1. The molecule has 1 atom stereocenters. The van der Waals surface area contributed by atoms with E-state index in [1.165, 1.54) is 5.56 Å². The second kappa shape index (κ2) is 7.39. The van der Waals surface area contributed by atoms with Crippen LogP contribution in [-0.2, 0) is 4.74 Å². The van der Waals surface area contributed by atoms with Crippen molar-refractivity contribution in [1.82, 2.24) is 4.90 Å². The van der Waals surface area contributed by atoms with Crippen LogP contribution in [0.2, 0.25) is 0 Å². The summed E-state index contributed by atoms with van der Waals surface area (Å²) in [6.07, 6.45) is 0. The molecule has 0 saturated carbocycles. The molecule has 1 unspecified atom stereocenters. The van der Waals surface area contributed by atoms with Gasteiger partial charge in [0.15, 0.2) is 0 Å². The van der Waals surface area contributed by atoms with Crippen LogP contribution in [0.25, 0.3) is 0 Å². The zero-order chi connectivity index (χ0) is 13.5. The number of likely N-dealkylation sites (N-methyl/N-ethyl adjacent to an activating group) is 1. The molecule has 1 aromatic rings. The number of ether oxygens (including phenoxy) is 1. The summed E-state index contributed by atoms with van der Waals surface area (Å²) < 4.78 is 5.61. The number of hydrogen-bond acceptors (Lipinski definition) is 3. The highest BCUT2D eigenvalue weighted by Crippen LogP contribution is 2.20. The van der Waals surface area contributed by atoms with Gasteiger partial charge in [0.05, 0.1) is 6.61 Å². The van der Waals surface area contributed by atoms with Crippen LogP contribution >= 0.6 is 0 Å². The second-order valence-corrected chi connectivity index (χ2v) is 5.30. The minimum absolute atomic E-state index is 0.358. The Balaban J connectivity index is 2.39. The molecule has 0 saturated heterocycles. The van der Waals surface area contributed by atoms with Crippen molar-refractivity contribution in [2.45, 2.75) is 26.8 Å². The van der Waals surface area contributed by atoms with Crippen LogP contribution < -0.4 is 5.73 Å². The first-order valence-electron chi connectivity index (χ1n) is 6.64. The largest absolute Gasteiger partial charge is 0.399 e. The third-order valence-electron chi connectivity index (χ3n) is 3.09. The third kappa shape index (κ3) is 5.07. The first-order valence-corrected chi connectivity index (χ1v) is 6.64. The SMILES string of the molecule is CC(C)COCCN(C)C(C)c1cccc(N)c1. The fourth-order valence-electron chi connectivity index (χ4n) is 1.79. The number of nitrogens with two attached hydrogens (primary N) is 1. The van der Waals surface area contributed by atoms with E-state index in [0.717, 1.165) is 25.4 Å². The van der Waals surface area contributed by atoms with Crippen LogP contribution in [0.15, 0.2) is 24.3 Å². The highest BCUT2D eigenvalue weighted by Gasteiger charge is 2.11. The fraction of sp³-hybridized carbons (Fsp3) is 0.600. The molecule has 0 bridgehead atoms. The van der Waals surface area contributed by atoms with E-state index in [9.17, 15) is 0 Å². The second-order valence-electron chi connectivity index (χ2n) is 5.30. The van der Waals surface area contributed by atoms with Crippen LogP contribution in [0.1, 0.15) is 32.4 Å². The maximum Gasteiger partial charge on any atom is 0.0593 e. The van der Waals surface area contributed by atoms with E-state index in [2.05, 4.69) is 38.8 Å². The van der Waals surface area contributed by atoms with Gasteiger partial charge in [-0.25, -0.2) is 0 Å². The first kappa shape index (κ1) is 15.0. The molecule has 0 spiro atoms. The van der Waals surface area contributed by atoms with E-state index < -0.39 is 0 Å². The minimum Gasteiger partial charge on any atom is -0.399 e. The lowest BCUT2D eigenvalue weighted by atomic mass is 10.1. The minimum atomic E-state index is 0.358. The van der Waals surface area contributed by atoms with Crippen molar-refractivity contribution in [3.05, 3.63) is 29.8 Å². The molecular weight excluding hydrogens is 224 g/mol. The van der Waals surface area contributed by atoms with Gasteiger partial charge in [-0.05, 0) is 37.6 Å². The molecule has 0 aliphatic rings. The lowest BCUT2D eigenvalue weighted by molar-refractivity contribution is 0.0832. The predicted molar refractivity (Wildman–Crippen MR) is 77.6 cm³/mol. The van der Waals surface area contributed by atoms with E-state index in [4.69, 9.17) is 10.5 Å². The van der Waals surface area contributed by atoms with Gasteiger partial charge in [0.25, 0.3) is 0 Å². The number of nitrogen functional groups attached to an aromatic ring is 1. The van der Waals surface area contributed by atoms with E-state index >= 15 is 0 Å². The molecular formula is C15H26N2O. The molecule has 1 rings (SSSR count). The molecule has 18 heavy (non-hydrogen) atoms. The Morgan fingerprint density at radius 1 is 1.28 bits per heavy atom. The first-order chi connectivity index (χ1) is 8.50. The van der Waals surface area contributed by atoms with Crippen molar-refractivity contribution in [3.63, 3.8) is 0 Å². The Labute approximate surface area is 111 Å². The van der Waals surface area contributed by atoms with Gasteiger partial charge in [0.1, 0.15) is 0 Å². The van der Waals surface area contributed by atoms with Crippen LogP contribution in [0.4, 0.5) is 5.69 Å². The highest BCUT2D eigenvalue weighted by molar-refractivity contribution is 5.41. The molecule has 3 nitrogen and oxygen atoms in total. The van der Waals surface area contributed by atoms with E-state index in [1.807, 2.05) is 18.2 Å². The van der Waals surface area contributed by atoms with Crippen LogP contribution in [0.3, 0.4) is 0 Å². The molecule has 3 heteroatoms. The lowest BCUT2D eigenvalue weighted by Crippen LogP contribution is -2.27. The number of nitrogens with zero attached hydrogens (tertiary/aromatic N) is 1. The van der Waals surface area contributed by atoms with Gasteiger partial charge in [0.2, 0.25) is 0 Å². The molecule has 0 aliphatic carbocycles. The smallest absolute Gasteiger partial charge is 0.0593 e. The Morgan fingerprint density at radius 2 is 2.00 bits per heavy atom. The summed E-state index contributed by atoms with van der Waals surface area (Å²) in [5.41, 5.74) is 7.88. The summed E-state index contributed by atoms with van der Waals surface area (Å²) >= 11 is 0. The van der Waals surface area contributed by atoms with Crippen molar-refractivity contribution in [3.8, 4) is 0 Å². The molecule has 0 aliphatic heterocycles. The van der Waals surface area contributed by atoms with Crippen molar-refractivity contribution in [1.29, 1.82) is 0 Å². The summed E-state index contributed by atoms with van der Waals surface area (Å²) in [6.45, 7) is 9.07. The summed E-state index contributed by atoms with van der Waals surface area (Å²) in [5.74, 6) is 0.599. The quantitative estimate of drug-likeness (QED) is 0.597. The van der Waals surface area contributed by atoms with Gasteiger partial charge in [-0.15, -0.1) is 0 Å². The van der Waals surface area contributed by atoms with E-state index in [0.29, 0.717) is 12.0 Å². The summed E-state index contributed by atoms with van der Waals surface area (Å²) in [6, 6.07) is 8.44. The number of benzene rings is 1. The molecule has 2 N–H and O–H groups in total. The van der Waals surface area contributed by atoms with Crippen molar-refractivity contribution in [2.75, 3.05) is 32.5 Å². The number of anilines is 1. The monoisotopic (exact) mass is 250 g/mol. The van der Waals surface area contributed by atoms with Crippen molar-refractivity contribution in [2.24, 2.45) is 5.92 Å². The van der Waals surface area contributed by atoms with Crippen LogP contribution in [-0.4, -0.2) is 31.7 Å². The molecule has 0 fully saturated rings. The average Bonchev–Trinajstić information content (AvgIpc) is 2.33. The van der Waals surface area contributed by atoms with Gasteiger partial charge >= 0.3 is 0 Å². The third-order valence-corrected chi connectivity index (χ3v) is 3.09. The predicted octanol–water partition coefficient (Wildman–Crippen LogP) is 2.93. The molecule has 0 radical (unpaired) electrons. The topological polar surface area (TPSA) is 38.5 Å².